The van der Waals surface area contributed by atoms with Crippen LogP contribution in [0.1, 0.15) is 10.4 Å². The number of carboxylic acid groups (broad SMARTS) is 1. The van der Waals surface area contributed by atoms with Crippen LogP contribution in [0.25, 0.3) is 10.8 Å². The number of aromatic carboxylic acids is 1. The molecule has 0 aromatic heterocycles. The van der Waals surface area contributed by atoms with E-state index in [2.05, 4.69) is 0 Å². The van der Waals surface area contributed by atoms with Crippen molar-refractivity contribution in [3.63, 3.8) is 0 Å². The van der Waals surface area contributed by atoms with E-state index >= 15 is 0 Å². The zero-order valence-corrected chi connectivity index (χ0v) is 15.7. The van der Waals surface area contributed by atoms with Gasteiger partial charge in [-0.25, -0.2) is 4.79 Å². The smallest absolute Gasteiger partial charge is 0.336 e. The van der Waals surface area contributed by atoms with Crippen molar-refractivity contribution in [2.75, 3.05) is 0 Å². The van der Waals surface area contributed by atoms with Crippen LogP contribution in [0.5, 0.6) is 0 Å². The molecule has 0 aliphatic rings. The molecule has 2 nitrogen and oxygen atoms in total. The monoisotopic (exact) mass is 588 g/mol. The fourth-order valence-corrected chi connectivity index (χ4v) is 1.41. The summed E-state index contributed by atoms with van der Waals surface area (Å²) in [5, 5.41) is 10.6. The van der Waals surface area contributed by atoms with Crippen LogP contribution in [-0.4, -0.2) is 65.7 Å². The second-order valence-corrected chi connectivity index (χ2v) is 2.83. The van der Waals surface area contributed by atoms with E-state index in [1.54, 1.807) is 12.1 Å². The number of hydrogen-bond acceptors (Lipinski definition) is 1. The number of fused-ring (bicyclic) bond motifs is 1. The van der Waals surface area contributed by atoms with Crippen molar-refractivity contribution in [2.24, 2.45) is 0 Å². The van der Waals surface area contributed by atoms with Crippen molar-refractivity contribution in [3.05, 3.63) is 48.0 Å². The van der Waals surface area contributed by atoms with Gasteiger partial charge in [-0.1, -0.05) is 36.4 Å². The first-order valence-corrected chi connectivity index (χ1v) is 4.00. The van der Waals surface area contributed by atoms with E-state index in [4.69, 9.17) is 5.11 Å². The van der Waals surface area contributed by atoms with Gasteiger partial charge < -0.3 is 5.11 Å². The van der Waals surface area contributed by atoms with Crippen LogP contribution in [0.2, 0.25) is 0 Å². The second kappa shape index (κ2) is 6.57. The number of rotatable bonds is 1. The molecule has 0 unspecified atom stereocenters. The topological polar surface area (TPSA) is 37.3 Å². The van der Waals surface area contributed by atoms with Crippen molar-refractivity contribution >= 4 is 71.3 Å². The second-order valence-electron chi connectivity index (χ2n) is 2.83. The standard InChI is InChI=1S/C11H8O2.2Pb/c12-11(13)10-7-3-5-8-4-1-2-6-9(8)10;;/h1-7H,(H,12,13);;. The minimum Gasteiger partial charge on any atom is -0.478 e. The molecule has 2 aromatic carbocycles. The summed E-state index contributed by atoms with van der Waals surface area (Å²) in [7, 11) is 0. The molecule has 0 atom stereocenters. The molecule has 1 N–H and O–H groups in total. The van der Waals surface area contributed by atoms with Gasteiger partial charge in [0.15, 0.2) is 0 Å². The summed E-state index contributed by atoms with van der Waals surface area (Å²) in [4.78, 5) is 10.8. The zero-order valence-electron chi connectivity index (χ0n) is 7.90. The van der Waals surface area contributed by atoms with Gasteiger partial charge in [0.05, 0.1) is 5.56 Å². The zero-order chi connectivity index (χ0) is 9.26. The summed E-state index contributed by atoms with van der Waals surface area (Å²) in [5.74, 6) is -0.878. The summed E-state index contributed by atoms with van der Waals surface area (Å²) >= 11 is 0. The SMILES string of the molecule is O=C(O)c1cccc2ccccc12.[Pb].[Pb]. The average molecular weight is 587 g/mol. The third-order valence-electron chi connectivity index (χ3n) is 2.02. The Morgan fingerprint density at radius 1 is 0.933 bits per heavy atom. The van der Waals surface area contributed by atoms with E-state index in [-0.39, 0.29) is 54.6 Å². The van der Waals surface area contributed by atoms with E-state index in [1.807, 2.05) is 30.3 Å². The molecule has 2 aromatic rings. The molecule has 0 bridgehead atoms. The molecular weight excluding hydrogens is 579 g/mol. The molecular formula is C11H8O2Pb2. The third-order valence-corrected chi connectivity index (χ3v) is 2.02. The molecule has 15 heavy (non-hydrogen) atoms. The minimum absolute atomic E-state index is 0. The van der Waals surface area contributed by atoms with Gasteiger partial charge in [0.1, 0.15) is 0 Å². The average Bonchev–Trinajstić information content (AvgIpc) is 2.17. The van der Waals surface area contributed by atoms with E-state index in [0.717, 1.165) is 10.8 Å². The van der Waals surface area contributed by atoms with Gasteiger partial charge in [0.25, 0.3) is 0 Å². The number of carboxylic acids is 1. The first-order valence-electron chi connectivity index (χ1n) is 4.00. The van der Waals surface area contributed by atoms with Crippen molar-refractivity contribution in [1.82, 2.24) is 0 Å². The van der Waals surface area contributed by atoms with Crippen LogP contribution < -0.4 is 0 Å². The fraction of sp³-hybridized carbons (Fsp3) is 0. The molecule has 0 saturated heterocycles. The van der Waals surface area contributed by atoms with Crippen LogP contribution in [0.15, 0.2) is 42.5 Å². The number of hydrogen-bond donors (Lipinski definition) is 1. The summed E-state index contributed by atoms with van der Waals surface area (Å²) in [5.41, 5.74) is 0.359. The van der Waals surface area contributed by atoms with Crippen LogP contribution in [0, 0.1) is 0 Å². The molecule has 4 heteroatoms. The first-order chi connectivity index (χ1) is 6.29. The Morgan fingerprint density at radius 3 is 2.20 bits per heavy atom. The molecule has 2 rings (SSSR count). The molecule has 72 valence electrons. The Hall–Kier alpha value is 0.0142. The molecule has 0 amide bonds. The third kappa shape index (κ3) is 3.23. The van der Waals surface area contributed by atoms with Crippen LogP contribution in [-0.2, 0) is 0 Å². The van der Waals surface area contributed by atoms with Gasteiger partial charge in [-0.2, -0.15) is 0 Å². The minimum atomic E-state index is -0.878. The molecule has 0 aliphatic heterocycles. The molecule has 0 fully saturated rings. The van der Waals surface area contributed by atoms with Crippen LogP contribution >= 0.6 is 0 Å². The fourth-order valence-electron chi connectivity index (χ4n) is 1.41. The Bertz CT molecular complexity index is 464. The van der Waals surface area contributed by atoms with Gasteiger partial charge in [-0.15, -0.1) is 0 Å². The van der Waals surface area contributed by atoms with Crippen molar-refractivity contribution < 1.29 is 9.90 Å². The summed E-state index contributed by atoms with van der Waals surface area (Å²) in [6, 6.07) is 12.7. The predicted octanol–water partition coefficient (Wildman–Crippen LogP) is 1.78. The van der Waals surface area contributed by atoms with Gasteiger partial charge in [0.2, 0.25) is 0 Å². The maximum atomic E-state index is 10.8. The normalized spacial score (nSPS) is 8.80. The van der Waals surface area contributed by atoms with Crippen molar-refractivity contribution in [2.45, 2.75) is 0 Å². The van der Waals surface area contributed by atoms with Gasteiger partial charge >= 0.3 is 5.97 Å². The Morgan fingerprint density at radius 2 is 1.53 bits per heavy atom. The van der Waals surface area contributed by atoms with Crippen LogP contribution in [0.3, 0.4) is 0 Å². The van der Waals surface area contributed by atoms with Crippen molar-refractivity contribution in [1.29, 1.82) is 0 Å². The van der Waals surface area contributed by atoms with Crippen molar-refractivity contribution in [3.8, 4) is 0 Å². The quantitative estimate of drug-likeness (QED) is 0.518. The summed E-state index contributed by atoms with van der Waals surface area (Å²) in [6.45, 7) is 0. The maximum Gasteiger partial charge on any atom is 0.336 e. The first kappa shape index (κ1) is 15.0. The predicted molar refractivity (Wildman–Crippen MR) is 62.4 cm³/mol. The molecule has 0 saturated carbocycles. The summed E-state index contributed by atoms with van der Waals surface area (Å²) < 4.78 is 0. The van der Waals surface area contributed by atoms with E-state index in [0.29, 0.717) is 5.56 Å². The summed E-state index contributed by atoms with van der Waals surface area (Å²) in [6.07, 6.45) is 0. The van der Waals surface area contributed by atoms with E-state index in [9.17, 15) is 4.79 Å². The van der Waals surface area contributed by atoms with Gasteiger partial charge in [-0.05, 0) is 16.8 Å². The molecule has 8 radical (unpaired) electrons. The Labute approximate surface area is 128 Å². The maximum absolute atomic E-state index is 10.8. The van der Waals surface area contributed by atoms with E-state index < -0.39 is 5.97 Å². The molecule has 0 heterocycles. The van der Waals surface area contributed by atoms with E-state index in [1.165, 1.54) is 0 Å². The largest absolute Gasteiger partial charge is 0.478 e. The molecule has 0 aliphatic carbocycles. The molecule has 0 spiro atoms. The van der Waals surface area contributed by atoms with Gasteiger partial charge in [0, 0.05) is 54.6 Å². The Kier molecular flexibility index (Phi) is 6.57. The number of carbonyl (C=O) groups is 1. The number of benzene rings is 2. The van der Waals surface area contributed by atoms with Gasteiger partial charge in [-0.3, -0.25) is 0 Å². The van der Waals surface area contributed by atoms with Crippen LogP contribution in [0.4, 0.5) is 0 Å². The Balaban J connectivity index is 0.000000980.